The van der Waals surface area contributed by atoms with E-state index >= 15 is 0 Å². The quantitative estimate of drug-likeness (QED) is 0.579. The summed E-state index contributed by atoms with van der Waals surface area (Å²) in [6.07, 6.45) is 2.01. The highest BCUT2D eigenvalue weighted by atomic mass is 16.4. The van der Waals surface area contributed by atoms with Gasteiger partial charge in [-0.15, -0.1) is 0 Å². The largest absolute Gasteiger partial charge is 0.481 e. The van der Waals surface area contributed by atoms with Crippen LogP contribution in [0, 0.1) is 0 Å². The van der Waals surface area contributed by atoms with Crippen molar-refractivity contribution in [3.63, 3.8) is 0 Å². The van der Waals surface area contributed by atoms with Crippen LogP contribution in [-0.4, -0.2) is 27.6 Å². The summed E-state index contributed by atoms with van der Waals surface area (Å²) >= 11 is 0. The van der Waals surface area contributed by atoms with Crippen molar-refractivity contribution in [2.45, 2.75) is 12.8 Å². The maximum atomic E-state index is 10.7. The number of nitrogens with one attached hydrogen (secondary N) is 2. The minimum atomic E-state index is -0.824. The summed E-state index contributed by atoms with van der Waals surface area (Å²) in [5.41, 5.74) is -0.423. The Labute approximate surface area is 80.0 Å². The lowest BCUT2D eigenvalue weighted by atomic mass is 10.3. The van der Waals surface area contributed by atoms with Gasteiger partial charge in [0.1, 0.15) is 5.82 Å². The predicted octanol–water partition coefficient (Wildman–Crippen LogP) is 0.0466. The summed E-state index contributed by atoms with van der Waals surface area (Å²) in [5.74, 6) is -0.273. The standard InChI is InChI=1S/C8H11N3O3/c12-7(13)2-1-4-9-6-3-5-10-8(14)11-6/h3,5H,1-2,4H2,(H,12,13)(H2,9,10,11,14). The lowest BCUT2D eigenvalue weighted by molar-refractivity contribution is -0.137. The minimum absolute atomic E-state index is 0.113. The van der Waals surface area contributed by atoms with E-state index in [1.165, 1.54) is 6.20 Å². The van der Waals surface area contributed by atoms with Crippen LogP contribution >= 0.6 is 0 Å². The molecule has 1 aromatic rings. The first-order valence-electron chi connectivity index (χ1n) is 4.19. The molecule has 0 saturated heterocycles. The summed E-state index contributed by atoms with van der Waals surface area (Å²) < 4.78 is 0. The second kappa shape index (κ2) is 5.00. The van der Waals surface area contributed by atoms with Gasteiger partial charge < -0.3 is 10.4 Å². The summed E-state index contributed by atoms with van der Waals surface area (Å²) in [4.78, 5) is 26.8. The Morgan fingerprint density at radius 2 is 2.43 bits per heavy atom. The number of anilines is 1. The molecule has 0 amide bonds. The molecule has 0 unspecified atom stereocenters. The molecule has 0 spiro atoms. The Balaban J connectivity index is 2.31. The smallest absolute Gasteiger partial charge is 0.346 e. The Kier molecular flexibility index (Phi) is 3.66. The van der Waals surface area contributed by atoms with E-state index in [1.54, 1.807) is 6.07 Å². The predicted molar refractivity (Wildman–Crippen MR) is 50.2 cm³/mol. The van der Waals surface area contributed by atoms with Crippen LogP contribution in [0.2, 0.25) is 0 Å². The van der Waals surface area contributed by atoms with Gasteiger partial charge in [-0.25, -0.2) is 9.78 Å². The summed E-state index contributed by atoms with van der Waals surface area (Å²) in [5, 5.41) is 11.2. The van der Waals surface area contributed by atoms with Crippen LogP contribution in [-0.2, 0) is 4.79 Å². The van der Waals surface area contributed by atoms with Gasteiger partial charge in [-0.05, 0) is 12.5 Å². The maximum Gasteiger partial charge on any atom is 0.346 e. The number of hydrogen-bond donors (Lipinski definition) is 3. The molecular formula is C8H11N3O3. The van der Waals surface area contributed by atoms with Gasteiger partial charge in [0, 0.05) is 19.2 Å². The molecule has 1 heterocycles. The topological polar surface area (TPSA) is 95.1 Å². The number of rotatable bonds is 5. The zero-order chi connectivity index (χ0) is 10.4. The highest BCUT2D eigenvalue weighted by Gasteiger charge is 1.96. The van der Waals surface area contributed by atoms with Crippen molar-refractivity contribution in [3.8, 4) is 0 Å². The van der Waals surface area contributed by atoms with Gasteiger partial charge in [0.15, 0.2) is 0 Å². The van der Waals surface area contributed by atoms with Crippen LogP contribution in [0.25, 0.3) is 0 Å². The Morgan fingerprint density at radius 3 is 3.07 bits per heavy atom. The number of aromatic nitrogens is 2. The molecule has 0 aliphatic heterocycles. The number of carboxylic acids is 1. The van der Waals surface area contributed by atoms with Crippen molar-refractivity contribution in [2.75, 3.05) is 11.9 Å². The third kappa shape index (κ3) is 3.70. The SMILES string of the molecule is O=C(O)CCCNc1ccnc(=O)[nH]1. The fraction of sp³-hybridized carbons (Fsp3) is 0.375. The van der Waals surface area contributed by atoms with Crippen LogP contribution in [0.1, 0.15) is 12.8 Å². The van der Waals surface area contributed by atoms with Gasteiger partial charge >= 0.3 is 11.7 Å². The molecule has 0 aromatic carbocycles. The number of H-pyrrole nitrogens is 1. The van der Waals surface area contributed by atoms with Gasteiger partial charge in [-0.2, -0.15) is 0 Å². The first kappa shape index (κ1) is 10.2. The number of hydrogen-bond acceptors (Lipinski definition) is 4. The zero-order valence-electron chi connectivity index (χ0n) is 7.49. The first-order valence-corrected chi connectivity index (χ1v) is 4.19. The van der Waals surface area contributed by atoms with E-state index < -0.39 is 11.7 Å². The Hall–Kier alpha value is -1.85. The van der Waals surface area contributed by atoms with Crippen molar-refractivity contribution >= 4 is 11.8 Å². The van der Waals surface area contributed by atoms with Crippen LogP contribution in [0.4, 0.5) is 5.82 Å². The molecule has 0 aliphatic carbocycles. The lowest BCUT2D eigenvalue weighted by Gasteiger charge is -2.03. The molecular weight excluding hydrogens is 186 g/mol. The van der Waals surface area contributed by atoms with Crippen LogP contribution in [0.15, 0.2) is 17.1 Å². The molecule has 1 aromatic heterocycles. The number of aromatic amines is 1. The van der Waals surface area contributed by atoms with Crippen molar-refractivity contribution in [1.82, 2.24) is 9.97 Å². The second-order valence-corrected chi connectivity index (χ2v) is 2.71. The normalized spacial score (nSPS) is 9.71. The fourth-order valence-corrected chi connectivity index (χ4v) is 0.934. The molecule has 0 saturated carbocycles. The van der Waals surface area contributed by atoms with E-state index in [4.69, 9.17) is 5.11 Å². The van der Waals surface area contributed by atoms with Crippen molar-refractivity contribution in [1.29, 1.82) is 0 Å². The molecule has 3 N–H and O–H groups in total. The highest BCUT2D eigenvalue weighted by Crippen LogP contribution is 1.97. The highest BCUT2D eigenvalue weighted by molar-refractivity contribution is 5.66. The molecule has 76 valence electrons. The Bertz CT molecular complexity index is 361. The van der Waals surface area contributed by atoms with Crippen LogP contribution < -0.4 is 11.0 Å². The Morgan fingerprint density at radius 1 is 1.64 bits per heavy atom. The minimum Gasteiger partial charge on any atom is -0.481 e. The molecule has 0 bridgehead atoms. The third-order valence-corrected chi connectivity index (χ3v) is 1.56. The second-order valence-electron chi connectivity index (χ2n) is 2.71. The average Bonchev–Trinajstić information content (AvgIpc) is 2.12. The van der Waals surface area contributed by atoms with Gasteiger partial charge in [-0.1, -0.05) is 0 Å². The molecule has 6 nitrogen and oxygen atoms in total. The molecule has 1 rings (SSSR count). The van der Waals surface area contributed by atoms with E-state index in [-0.39, 0.29) is 6.42 Å². The van der Waals surface area contributed by atoms with E-state index in [1.807, 2.05) is 0 Å². The number of aliphatic carboxylic acids is 1. The van der Waals surface area contributed by atoms with Gasteiger partial charge in [0.25, 0.3) is 0 Å². The molecule has 6 heteroatoms. The maximum absolute atomic E-state index is 10.7. The van der Waals surface area contributed by atoms with E-state index in [0.29, 0.717) is 18.8 Å². The van der Waals surface area contributed by atoms with Gasteiger partial charge in [0.05, 0.1) is 0 Å². The van der Waals surface area contributed by atoms with Crippen molar-refractivity contribution in [2.24, 2.45) is 0 Å². The number of carbonyl (C=O) groups is 1. The van der Waals surface area contributed by atoms with Crippen LogP contribution in [0.5, 0.6) is 0 Å². The van der Waals surface area contributed by atoms with Crippen LogP contribution in [0.3, 0.4) is 0 Å². The van der Waals surface area contributed by atoms with E-state index in [2.05, 4.69) is 15.3 Å². The molecule has 0 atom stereocenters. The van der Waals surface area contributed by atoms with E-state index in [9.17, 15) is 9.59 Å². The zero-order valence-corrected chi connectivity index (χ0v) is 7.49. The number of carboxylic acid groups (broad SMARTS) is 1. The molecule has 0 radical (unpaired) electrons. The van der Waals surface area contributed by atoms with Crippen molar-refractivity contribution in [3.05, 3.63) is 22.7 Å². The number of nitrogens with zero attached hydrogens (tertiary/aromatic N) is 1. The first-order chi connectivity index (χ1) is 6.68. The fourth-order valence-electron chi connectivity index (χ4n) is 0.934. The average molecular weight is 197 g/mol. The molecule has 0 aliphatic rings. The summed E-state index contributed by atoms with van der Waals surface area (Å²) in [6.45, 7) is 0.506. The summed E-state index contributed by atoms with van der Waals surface area (Å²) in [7, 11) is 0. The molecule has 0 fully saturated rings. The lowest BCUT2D eigenvalue weighted by Crippen LogP contribution is -2.13. The van der Waals surface area contributed by atoms with Gasteiger partial charge in [0.2, 0.25) is 0 Å². The monoisotopic (exact) mass is 197 g/mol. The summed E-state index contributed by atoms with van der Waals surface area (Å²) in [6, 6.07) is 1.61. The van der Waals surface area contributed by atoms with E-state index in [0.717, 1.165) is 0 Å². The third-order valence-electron chi connectivity index (χ3n) is 1.56. The molecule has 14 heavy (non-hydrogen) atoms. The van der Waals surface area contributed by atoms with Crippen molar-refractivity contribution < 1.29 is 9.90 Å². The van der Waals surface area contributed by atoms with Gasteiger partial charge in [-0.3, -0.25) is 9.78 Å².